The van der Waals surface area contributed by atoms with E-state index < -0.39 is 6.61 Å². The number of hydrogen-bond donors (Lipinski definition) is 1. The number of aliphatic hydroxyl groups is 1. The van der Waals surface area contributed by atoms with E-state index in [0.29, 0.717) is 19.7 Å². The minimum Gasteiger partial charge on any atom is -0.387 e. The van der Waals surface area contributed by atoms with Crippen LogP contribution in [0.4, 0.5) is 0 Å². The Kier molecular flexibility index (Phi) is 4.55. The van der Waals surface area contributed by atoms with E-state index in [1.165, 1.54) is 16.7 Å². The van der Waals surface area contributed by atoms with Crippen molar-refractivity contribution in [3.8, 4) is 0 Å². The first-order valence-electron chi connectivity index (χ1n) is 8.32. The summed E-state index contributed by atoms with van der Waals surface area (Å²) in [5, 5.41) is 9.06. The summed E-state index contributed by atoms with van der Waals surface area (Å²) >= 11 is 0. The zero-order valence-electron chi connectivity index (χ0n) is 13.8. The average molecular weight is 315 g/mol. The molecule has 124 valence electrons. The van der Waals surface area contributed by atoms with Crippen LogP contribution in [-0.4, -0.2) is 42.2 Å². The lowest BCUT2D eigenvalue weighted by atomic mass is 9.73. The molecule has 0 bridgehead atoms. The number of rotatable bonds is 4. The summed E-state index contributed by atoms with van der Waals surface area (Å²) in [6.07, 6.45) is 4.75. The fraction of sp³-hybridized carbons (Fsp3) is 0.526. The predicted molar refractivity (Wildman–Crippen MR) is 89.3 cm³/mol. The maximum atomic E-state index is 11.7. The van der Waals surface area contributed by atoms with E-state index in [4.69, 9.17) is 9.84 Å². The highest BCUT2D eigenvalue weighted by Gasteiger charge is 2.46. The van der Waals surface area contributed by atoms with E-state index in [0.717, 1.165) is 19.3 Å². The van der Waals surface area contributed by atoms with Crippen LogP contribution >= 0.6 is 0 Å². The van der Waals surface area contributed by atoms with E-state index in [2.05, 4.69) is 31.7 Å². The van der Waals surface area contributed by atoms with Gasteiger partial charge in [-0.05, 0) is 37.3 Å². The predicted octanol–water partition coefficient (Wildman–Crippen LogP) is 2.49. The van der Waals surface area contributed by atoms with Crippen molar-refractivity contribution in [1.82, 2.24) is 4.90 Å². The van der Waals surface area contributed by atoms with Gasteiger partial charge in [0.15, 0.2) is 0 Å². The van der Waals surface area contributed by atoms with Crippen molar-refractivity contribution < 1.29 is 14.6 Å². The lowest BCUT2D eigenvalue weighted by Crippen LogP contribution is -2.45. The van der Waals surface area contributed by atoms with Gasteiger partial charge in [-0.25, -0.2) is 0 Å². The zero-order chi connectivity index (χ0) is 16.4. The van der Waals surface area contributed by atoms with Gasteiger partial charge in [0.1, 0.15) is 6.61 Å². The SMILES string of the molecule is C=CCO[C@@H]1CC2(CCN(C(=O)CO)CC2)c2cc(C)ccc21. The summed E-state index contributed by atoms with van der Waals surface area (Å²) in [7, 11) is 0. The molecule has 1 aromatic carbocycles. The van der Waals surface area contributed by atoms with Gasteiger partial charge < -0.3 is 14.7 Å². The molecule has 0 aromatic heterocycles. The molecule has 4 heteroatoms. The summed E-state index contributed by atoms with van der Waals surface area (Å²) in [5.41, 5.74) is 4.04. The lowest BCUT2D eigenvalue weighted by molar-refractivity contribution is -0.135. The Morgan fingerprint density at radius 3 is 2.87 bits per heavy atom. The minimum atomic E-state index is -0.395. The molecule has 1 saturated heterocycles. The Hall–Kier alpha value is -1.65. The number of ether oxygens (including phenoxy) is 1. The molecule has 2 aliphatic rings. The maximum Gasteiger partial charge on any atom is 0.248 e. The number of piperidine rings is 1. The van der Waals surface area contributed by atoms with Crippen LogP contribution in [0.3, 0.4) is 0 Å². The van der Waals surface area contributed by atoms with E-state index >= 15 is 0 Å². The number of fused-ring (bicyclic) bond motifs is 2. The molecule has 1 aromatic rings. The first-order chi connectivity index (χ1) is 11.1. The van der Waals surface area contributed by atoms with Crippen molar-refractivity contribution in [2.75, 3.05) is 26.3 Å². The normalized spacial score (nSPS) is 22.2. The molecule has 1 aliphatic carbocycles. The second kappa shape index (κ2) is 6.46. The Labute approximate surface area is 137 Å². The molecule has 1 heterocycles. The smallest absolute Gasteiger partial charge is 0.248 e. The van der Waals surface area contributed by atoms with Gasteiger partial charge >= 0.3 is 0 Å². The van der Waals surface area contributed by atoms with Crippen molar-refractivity contribution in [2.45, 2.75) is 37.7 Å². The van der Waals surface area contributed by atoms with Gasteiger partial charge in [-0.1, -0.05) is 29.8 Å². The second-order valence-corrected chi connectivity index (χ2v) is 6.72. The summed E-state index contributed by atoms with van der Waals surface area (Å²) < 4.78 is 6.00. The van der Waals surface area contributed by atoms with Crippen LogP contribution in [0.25, 0.3) is 0 Å². The van der Waals surface area contributed by atoms with Crippen LogP contribution in [0.15, 0.2) is 30.9 Å². The number of aliphatic hydroxyl groups excluding tert-OH is 1. The zero-order valence-corrected chi connectivity index (χ0v) is 13.8. The quantitative estimate of drug-likeness (QED) is 0.869. The molecule has 3 rings (SSSR count). The molecule has 1 fully saturated rings. The van der Waals surface area contributed by atoms with Gasteiger partial charge in [0.05, 0.1) is 12.7 Å². The van der Waals surface area contributed by atoms with Gasteiger partial charge in [0, 0.05) is 18.5 Å². The Balaban J connectivity index is 1.85. The molecule has 1 atom stereocenters. The Morgan fingerprint density at radius 2 is 2.22 bits per heavy atom. The molecule has 0 saturated carbocycles. The van der Waals surface area contributed by atoms with Crippen molar-refractivity contribution in [1.29, 1.82) is 0 Å². The first-order valence-corrected chi connectivity index (χ1v) is 8.32. The van der Waals surface area contributed by atoms with Crippen molar-refractivity contribution >= 4 is 5.91 Å². The number of carbonyl (C=O) groups is 1. The van der Waals surface area contributed by atoms with E-state index in [1.54, 1.807) is 11.0 Å². The first kappa shape index (κ1) is 16.2. The highest BCUT2D eigenvalue weighted by Crippen LogP contribution is 2.52. The number of amides is 1. The second-order valence-electron chi connectivity index (χ2n) is 6.72. The largest absolute Gasteiger partial charge is 0.387 e. The van der Waals surface area contributed by atoms with Gasteiger partial charge in [-0.2, -0.15) is 0 Å². The molecule has 4 nitrogen and oxygen atoms in total. The van der Waals surface area contributed by atoms with Crippen LogP contribution in [0.5, 0.6) is 0 Å². The van der Waals surface area contributed by atoms with E-state index in [9.17, 15) is 4.79 Å². The van der Waals surface area contributed by atoms with Crippen molar-refractivity contribution in [2.24, 2.45) is 0 Å². The molecule has 0 radical (unpaired) electrons. The standard InChI is InChI=1S/C19H25NO3/c1-3-10-23-17-12-19(16-11-14(2)4-5-15(16)17)6-8-20(9-7-19)18(22)13-21/h3-5,11,17,21H,1,6-10,12-13H2,2H3/t17-/m1/s1. The number of hydrogen-bond acceptors (Lipinski definition) is 3. The molecular weight excluding hydrogens is 290 g/mol. The van der Waals surface area contributed by atoms with E-state index in [1.807, 2.05) is 0 Å². The third-order valence-electron chi connectivity index (χ3n) is 5.33. The molecule has 1 aliphatic heterocycles. The van der Waals surface area contributed by atoms with Gasteiger partial charge in [0.2, 0.25) is 5.91 Å². The van der Waals surface area contributed by atoms with Crippen LogP contribution in [-0.2, 0) is 14.9 Å². The van der Waals surface area contributed by atoms with Crippen molar-refractivity contribution in [3.05, 3.63) is 47.5 Å². The lowest BCUT2D eigenvalue weighted by Gasteiger charge is -2.40. The van der Waals surface area contributed by atoms with Crippen LogP contribution < -0.4 is 0 Å². The fourth-order valence-corrected chi connectivity index (χ4v) is 4.08. The molecular formula is C19H25NO3. The Morgan fingerprint density at radius 1 is 1.48 bits per heavy atom. The molecule has 1 amide bonds. The van der Waals surface area contributed by atoms with Crippen LogP contribution in [0.1, 0.15) is 42.1 Å². The summed E-state index contributed by atoms with van der Waals surface area (Å²) in [6.45, 7) is 7.45. The van der Waals surface area contributed by atoms with Crippen LogP contribution in [0.2, 0.25) is 0 Å². The number of nitrogens with zero attached hydrogens (tertiary/aromatic N) is 1. The fourth-order valence-electron chi connectivity index (χ4n) is 4.08. The molecule has 0 unspecified atom stereocenters. The number of likely N-dealkylation sites (tertiary alicyclic amines) is 1. The minimum absolute atomic E-state index is 0.0967. The third-order valence-corrected chi connectivity index (χ3v) is 5.33. The number of carbonyl (C=O) groups excluding carboxylic acids is 1. The number of aryl methyl sites for hydroxylation is 1. The molecule has 1 N–H and O–H groups in total. The van der Waals surface area contributed by atoms with Gasteiger partial charge in [-0.15, -0.1) is 6.58 Å². The maximum absolute atomic E-state index is 11.7. The third kappa shape index (κ3) is 2.93. The molecule has 1 spiro atoms. The summed E-state index contributed by atoms with van der Waals surface area (Å²) in [4.78, 5) is 13.5. The van der Waals surface area contributed by atoms with Gasteiger partial charge in [0.25, 0.3) is 0 Å². The van der Waals surface area contributed by atoms with E-state index in [-0.39, 0.29) is 17.4 Å². The highest BCUT2D eigenvalue weighted by molar-refractivity contribution is 5.77. The summed E-state index contributed by atoms with van der Waals surface area (Å²) in [5.74, 6) is -0.165. The highest BCUT2D eigenvalue weighted by atomic mass is 16.5. The molecule has 23 heavy (non-hydrogen) atoms. The average Bonchev–Trinajstić information content (AvgIpc) is 2.86. The summed E-state index contributed by atoms with van der Waals surface area (Å²) in [6, 6.07) is 6.63. The van der Waals surface area contributed by atoms with Gasteiger partial charge in [-0.3, -0.25) is 4.79 Å². The topological polar surface area (TPSA) is 49.8 Å². The van der Waals surface area contributed by atoms with Crippen molar-refractivity contribution in [3.63, 3.8) is 0 Å². The monoisotopic (exact) mass is 315 g/mol. The Bertz CT molecular complexity index is 603. The van der Waals surface area contributed by atoms with Crippen LogP contribution in [0, 0.1) is 6.92 Å². The number of benzene rings is 1.